The smallest absolute Gasteiger partial charge is 0.0468 e. The minimum absolute atomic E-state index is 0.954. The first-order valence-corrected chi connectivity index (χ1v) is 6.57. The van der Waals surface area contributed by atoms with Crippen LogP contribution in [-0.4, -0.2) is 37.7 Å². The lowest BCUT2D eigenvalue weighted by Crippen LogP contribution is -2.31. The van der Waals surface area contributed by atoms with Crippen LogP contribution in [0.2, 0.25) is 0 Å². The molecule has 0 N–H and O–H groups in total. The van der Waals surface area contributed by atoms with Crippen molar-refractivity contribution in [2.45, 2.75) is 38.5 Å². The fraction of sp³-hybridized carbons (Fsp3) is 0.923. The molecule has 15 heavy (non-hydrogen) atoms. The Hall–Kier alpha value is -0.0800. The van der Waals surface area contributed by atoms with Gasteiger partial charge in [0, 0.05) is 13.2 Å². The van der Waals surface area contributed by atoms with Crippen molar-refractivity contribution in [3.05, 3.63) is 6.42 Å². The van der Waals surface area contributed by atoms with E-state index in [9.17, 15) is 0 Å². The summed E-state index contributed by atoms with van der Waals surface area (Å²) in [4.78, 5) is 2.62. The number of nitrogens with zero attached hydrogens (tertiary/aromatic N) is 1. The van der Waals surface area contributed by atoms with Crippen molar-refractivity contribution < 1.29 is 4.74 Å². The lowest BCUT2D eigenvalue weighted by molar-refractivity contribution is 0.0621. The zero-order valence-electron chi connectivity index (χ0n) is 9.79. The van der Waals surface area contributed by atoms with Gasteiger partial charge in [0.1, 0.15) is 0 Å². The van der Waals surface area contributed by atoms with Crippen LogP contribution in [0.15, 0.2) is 0 Å². The van der Waals surface area contributed by atoms with Crippen LogP contribution < -0.4 is 0 Å². The molecule has 1 radical (unpaired) electrons. The van der Waals surface area contributed by atoms with E-state index in [1.165, 1.54) is 58.2 Å². The Kier molecular flexibility index (Phi) is 4.94. The monoisotopic (exact) mass is 210 g/mol. The van der Waals surface area contributed by atoms with Gasteiger partial charge in [0.15, 0.2) is 0 Å². The summed E-state index contributed by atoms with van der Waals surface area (Å²) < 4.78 is 5.38. The molecule has 87 valence electrons. The van der Waals surface area contributed by atoms with Gasteiger partial charge in [0.2, 0.25) is 0 Å². The summed E-state index contributed by atoms with van der Waals surface area (Å²) in [5, 5.41) is 0. The third-order valence-corrected chi connectivity index (χ3v) is 3.73. The van der Waals surface area contributed by atoms with Gasteiger partial charge >= 0.3 is 0 Å². The number of hydrogen-bond donors (Lipinski definition) is 0. The molecule has 0 bridgehead atoms. The molecule has 0 aromatic heterocycles. The highest BCUT2D eigenvalue weighted by atomic mass is 16.5. The maximum atomic E-state index is 5.38. The highest BCUT2D eigenvalue weighted by Crippen LogP contribution is 2.20. The van der Waals surface area contributed by atoms with Crippen molar-refractivity contribution in [1.82, 2.24) is 4.90 Å². The van der Waals surface area contributed by atoms with Gasteiger partial charge in [0.25, 0.3) is 0 Å². The van der Waals surface area contributed by atoms with E-state index in [0.29, 0.717) is 0 Å². The molecule has 2 rings (SSSR count). The third kappa shape index (κ3) is 4.12. The molecular weight excluding hydrogens is 186 g/mol. The maximum Gasteiger partial charge on any atom is 0.0468 e. The summed E-state index contributed by atoms with van der Waals surface area (Å²) >= 11 is 0. The van der Waals surface area contributed by atoms with Crippen molar-refractivity contribution in [3.63, 3.8) is 0 Å². The second-order valence-corrected chi connectivity index (χ2v) is 4.91. The van der Waals surface area contributed by atoms with Crippen molar-refractivity contribution in [2.75, 3.05) is 32.8 Å². The van der Waals surface area contributed by atoms with E-state index < -0.39 is 0 Å². The van der Waals surface area contributed by atoms with Gasteiger partial charge in [-0.3, -0.25) is 0 Å². The molecule has 2 saturated heterocycles. The Bertz CT molecular complexity index is 142. The SMILES string of the molecule is [CH]1CCN(CCCC2CCOCC2)CC1. The van der Waals surface area contributed by atoms with Crippen LogP contribution in [-0.2, 0) is 4.74 Å². The third-order valence-electron chi connectivity index (χ3n) is 3.73. The number of hydrogen-bond acceptors (Lipinski definition) is 2. The predicted molar refractivity (Wildman–Crippen MR) is 62.8 cm³/mol. The van der Waals surface area contributed by atoms with Crippen molar-refractivity contribution in [2.24, 2.45) is 5.92 Å². The summed E-state index contributed by atoms with van der Waals surface area (Å²) in [7, 11) is 0. The summed E-state index contributed by atoms with van der Waals surface area (Å²) in [5.74, 6) is 0.954. The van der Waals surface area contributed by atoms with Gasteiger partial charge < -0.3 is 9.64 Å². The molecule has 0 unspecified atom stereocenters. The largest absolute Gasteiger partial charge is 0.381 e. The topological polar surface area (TPSA) is 12.5 Å². The van der Waals surface area contributed by atoms with Crippen molar-refractivity contribution in [1.29, 1.82) is 0 Å². The van der Waals surface area contributed by atoms with Crippen LogP contribution in [0.1, 0.15) is 38.5 Å². The fourth-order valence-electron chi connectivity index (χ4n) is 2.67. The van der Waals surface area contributed by atoms with E-state index in [1.54, 1.807) is 0 Å². The first-order chi connectivity index (χ1) is 7.45. The lowest BCUT2D eigenvalue weighted by Gasteiger charge is -2.27. The Labute approximate surface area is 94.0 Å². The van der Waals surface area contributed by atoms with Gasteiger partial charge in [-0.1, -0.05) is 0 Å². The molecule has 2 aliphatic heterocycles. The van der Waals surface area contributed by atoms with Crippen LogP contribution in [0.4, 0.5) is 0 Å². The second-order valence-electron chi connectivity index (χ2n) is 4.91. The number of ether oxygens (including phenoxy) is 1. The van der Waals surface area contributed by atoms with Gasteiger partial charge in [0.05, 0.1) is 0 Å². The maximum absolute atomic E-state index is 5.38. The first kappa shape index (κ1) is 11.4. The van der Waals surface area contributed by atoms with Crippen LogP contribution in [0.25, 0.3) is 0 Å². The molecule has 0 atom stereocenters. The normalized spacial score (nSPS) is 25.6. The van der Waals surface area contributed by atoms with E-state index >= 15 is 0 Å². The minimum atomic E-state index is 0.954. The van der Waals surface area contributed by atoms with Gasteiger partial charge in [-0.05, 0) is 70.5 Å². The lowest BCUT2D eigenvalue weighted by atomic mass is 9.95. The van der Waals surface area contributed by atoms with Gasteiger partial charge in [-0.25, -0.2) is 0 Å². The van der Waals surface area contributed by atoms with Crippen LogP contribution in [0, 0.1) is 12.3 Å². The number of rotatable bonds is 4. The number of likely N-dealkylation sites (tertiary alicyclic amines) is 1. The van der Waals surface area contributed by atoms with E-state index in [4.69, 9.17) is 4.74 Å². The summed E-state index contributed by atoms with van der Waals surface area (Å²) in [6.07, 6.45) is 10.4. The van der Waals surface area contributed by atoms with E-state index in [2.05, 4.69) is 11.3 Å². The van der Waals surface area contributed by atoms with E-state index in [1.807, 2.05) is 0 Å². The Morgan fingerprint density at radius 1 is 1.13 bits per heavy atom. The molecule has 2 fully saturated rings. The summed E-state index contributed by atoms with van der Waals surface area (Å²) in [6, 6.07) is 0. The molecule has 0 spiro atoms. The number of piperidine rings is 1. The minimum Gasteiger partial charge on any atom is -0.381 e. The van der Waals surface area contributed by atoms with E-state index in [0.717, 1.165) is 19.1 Å². The van der Waals surface area contributed by atoms with Crippen LogP contribution >= 0.6 is 0 Å². The zero-order valence-corrected chi connectivity index (χ0v) is 9.79. The molecule has 2 nitrogen and oxygen atoms in total. The van der Waals surface area contributed by atoms with Gasteiger partial charge in [-0.2, -0.15) is 0 Å². The van der Waals surface area contributed by atoms with Gasteiger partial charge in [-0.15, -0.1) is 0 Å². The molecule has 2 aliphatic rings. The molecule has 0 amide bonds. The van der Waals surface area contributed by atoms with Crippen LogP contribution in [0.3, 0.4) is 0 Å². The Morgan fingerprint density at radius 3 is 2.60 bits per heavy atom. The second kappa shape index (κ2) is 6.49. The Balaban J connectivity index is 1.53. The zero-order chi connectivity index (χ0) is 10.3. The van der Waals surface area contributed by atoms with Crippen molar-refractivity contribution in [3.8, 4) is 0 Å². The highest BCUT2D eigenvalue weighted by molar-refractivity contribution is 4.76. The summed E-state index contributed by atoms with van der Waals surface area (Å²) in [6.45, 7) is 5.93. The molecule has 2 heteroatoms. The average Bonchev–Trinajstić information content (AvgIpc) is 2.32. The van der Waals surface area contributed by atoms with Crippen LogP contribution in [0.5, 0.6) is 0 Å². The average molecular weight is 210 g/mol. The molecular formula is C13H24NO. The molecule has 0 aromatic rings. The Morgan fingerprint density at radius 2 is 1.87 bits per heavy atom. The first-order valence-electron chi connectivity index (χ1n) is 6.57. The molecule has 2 heterocycles. The highest BCUT2D eigenvalue weighted by Gasteiger charge is 2.14. The predicted octanol–water partition coefficient (Wildman–Crippen LogP) is 2.49. The van der Waals surface area contributed by atoms with Crippen molar-refractivity contribution >= 4 is 0 Å². The molecule has 0 aromatic carbocycles. The molecule has 0 saturated carbocycles. The summed E-state index contributed by atoms with van der Waals surface area (Å²) in [5.41, 5.74) is 0. The molecule has 0 aliphatic carbocycles. The fourth-order valence-corrected chi connectivity index (χ4v) is 2.67. The quantitative estimate of drug-likeness (QED) is 0.707. The standard InChI is InChI=1S/C13H24NO/c1-2-8-14(9-3-1)10-4-5-13-6-11-15-12-7-13/h1,13H,2-12H2. The van der Waals surface area contributed by atoms with E-state index in [-0.39, 0.29) is 0 Å².